The number of anilines is 1. The Morgan fingerprint density at radius 2 is 1.91 bits per heavy atom. The first-order valence-corrected chi connectivity index (χ1v) is 10.7. The standard InChI is InChI=1S/C23H18BrN3O4S/c1-29-16-7-8-17(20(12-16)30-2)21(28)27-23(32)25-15-6-9-19-18(11-15)26-22(31-19)13-4-3-5-14(24)10-13/h3-12H,1-2H3,(H2,25,27,28,32). The van der Waals surface area contributed by atoms with Gasteiger partial charge in [0, 0.05) is 21.8 Å². The quantitative estimate of drug-likeness (QED) is 0.347. The number of amides is 1. The van der Waals surface area contributed by atoms with E-state index in [1.54, 1.807) is 43.5 Å². The van der Waals surface area contributed by atoms with Crippen LogP contribution in [-0.2, 0) is 0 Å². The summed E-state index contributed by atoms with van der Waals surface area (Å²) in [6, 6.07) is 18.0. The van der Waals surface area contributed by atoms with Crippen LogP contribution in [-0.4, -0.2) is 30.2 Å². The minimum absolute atomic E-state index is 0.142. The fraction of sp³-hybridized carbons (Fsp3) is 0.0870. The number of hydrogen-bond donors (Lipinski definition) is 2. The van der Waals surface area contributed by atoms with Gasteiger partial charge in [-0.2, -0.15) is 0 Å². The van der Waals surface area contributed by atoms with Crippen molar-refractivity contribution in [2.75, 3.05) is 19.5 Å². The van der Waals surface area contributed by atoms with Crippen molar-refractivity contribution in [2.24, 2.45) is 0 Å². The van der Waals surface area contributed by atoms with Gasteiger partial charge in [-0.15, -0.1) is 0 Å². The van der Waals surface area contributed by atoms with E-state index in [4.69, 9.17) is 26.1 Å². The summed E-state index contributed by atoms with van der Waals surface area (Å²) >= 11 is 8.75. The van der Waals surface area contributed by atoms with Crippen molar-refractivity contribution in [3.8, 4) is 23.0 Å². The Labute approximate surface area is 197 Å². The van der Waals surface area contributed by atoms with E-state index in [-0.39, 0.29) is 5.11 Å². The molecule has 4 aromatic rings. The summed E-state index contributed by atoms with van der Waals surface area (Å²) in [7, 11) is 3.03. The molecule has 0 saturated carbocycles. The van der Waals surface area contributed by atoms with Crippen LogP contribution in [0.25, 0.3) is 22.6 Å². The molecule has 9 heteroatoms. The molecule has 1 aromatic heterocycles. The van der Waals surface area contributed by atoms with Crippen molar-refractivity contribution < 1.29 is 18.7 Å². The van der Waals surface area contributed by atoms with Gasteiger partial charge < -0.3 is 19.2 Å². The highest BCUT2D eigenvalue weighted by atomic mass is 79.9. The van der Waals surface area contributed by atoms with Gasteiger partial charge in [0.2, 0.25) is 5.89 Å². The van der Waals surface area contributed by atoms with E-state index >= 15 is 0 Å². The van der Waals surface area contributed by atoms with Gasteiger partial charge in [-0.05, 0) is 60.7 Å². The van der Waals surface area contributed by atoms with Crippen molar-refractivity contribution in [1.82, 2.24) is 10.3 Å². The van der Waals surface area contributed by atoms with Gasteiger partial charge in [-0.3, -0.25) is 10.1 Å². The third kappa shape index (κ3) is 4.74. The molecule has 7 nitrogen and oxygen atoms in total. The van der Waals surface area contributed by atoms with Crippen LogP contribution in [0.3, 0.4) is 0 Å². The zero-order valence-corrected chi connectivity index (χ0v) is 19.5. The van der Waals surface area contributed by atoms with Crippen molar-refractivity contribution in [2.45, 2.75) is 0 Å². The van der Waals surface area contributed by atoms with Crippen LogP contribution in [0.2, 0.25) is 0 Å². The summed E-state index contributed by atoms with van der Waals surface area (Å²) in [5, 5.41) is 5.79. The fourth-order valence-corrected chi connectivity index (χ4v) is 3.68. The van der Waals surface area contributed by atoms with Gasteiger partial charge in [0.25, 0.3) is 5.91 Å². The van der Waals surface area contributed by atoms with Crippen LogP contribution in [0.5, 0.6) is 11.5 Å². The lowest BCUT2D eigenvalue weighted by atomic mass is 10.2. The first kappa shape index (κ1) is 21.8. The van der Waals surface area contributed by atoms with Gasteiger partial charge >= 0.3 is 0 Å². The summed E-state index contributed by atoms with van der Waals surface area (Å²) in [5.74, 6) is 1.08. The molecule has 0 spiro atoms. The van der Waals surface area contributed by atoms with Crippen molar-refractivity contribution in [3.63, 3.8) is 0 Å². The molecule has 4 rings (SSSR count). The first-order valence-electron chi connectivity index (χ1n) is 9.47. The summed E-state index contributed by atoms with van der Waals surface area (Å²) in [6.45, 7) is 0. The van der Waals surface area contributed by atoms with E-state index in [2.05, 4.69) is 31.5 Å². The summed E-state index contributed by atoms with van der Waals surface area (Å²) in [5.41, 5.74) is 3.17. The second-order valence-corrected chi connectivity index (χ2v) is 8.01. The second kappa shape index (κ2) is 9.37. The van der Waals surface area contributed by atoms with Gasteiger partial charge in [-0.1, -0.05) is 22.0 Å². The smallest absolute Gasteiger partial charge is 0.261 e. The predicted molar refractivity (Wildman–Crippen MR) is 130 cm³/mol. The Balaban J connectivity index is 1.48. The minimum Gasteiger partial charge on any atom is -0.497 e. The molecule has 3 aromatic carbocycles. The van der Waals surface area contributed by atoms with Gasteiger partial charge in [0.15, 0.2) is 10.7 Å². The summed E-state index contributed by atoms with van der Waals surface area (Å²) in [4.78, 5) is 17.2. The Morgan fingerprint density at radius 1 is 1.06 bits per heavy atom. The molecule has 0 bridgehead atoms. The molecular weight excluding hydrogens is 494 g/mol. The van der Waals surface area contributed by atoms with Crippen molar-refractivity contribution in [3.05, 3.63) is 70.7 Å². The first-order chi connectivity index (χ1) is 15.5. The number of halogens is 1. The molecule has 1 amide bonds. The molecule has 0 radical (unpaired) electrons. The third-order valence-corrected chi connectivity index (χ3v) is 5.29. The number of thiocarbonyl (C=S) groups is 1. The number of hydrogen-bond acceptors (Lipinski definition) is 6. The number of ether oxygens (including phenoxy) is 2. The van der Waals surface area contributed by atoms with Gasteiger partial charge in [0.05, 0.1) is 19.8 Å². The zero-order chi connectivity index (χ0) is 22.7. The minimum atomic E-state index is -0.401. The molecule has 0 aliphatic rings. The van der Waals surface area contributed by atoms with Crippen molar-refractivity contribution in [1.29, 1.82) is 0 Å². The van der Waals surface area contributed by atoms with E-state index in [9.17, 15) is 4.79 Å². The molecule has 162 valence electrons. The number of rotatable bonds is 5. The number of benzene rings is 3. The molecule has 0 aliphatic heterocycles. The predicted octanol–water partition coefficient (Wildman–Crippen LogP) is 5.40. The largest absolute Gasteiger partial charge is 0.497 e. The van der Waals surface area contributed by atoms with Crippen LogP contribution in [0.15, 0.2) is 69.6 Å². The molecule has 32 heavy (non-hydrogen) atoms. The summed E-state index contributed by atoms with van der Waals surface area (Å²) < 4.78 is 17.2. The molecule has 0 atom stereocenters. The Morgan fingerprint density at radius 3 is 2.66 bits per heavy atom. The number of carbonyl (C=O) groups excluding carboxylic acids is 1. The normalized spacial score (nSPS) is 10.6. The van der Waals surface area contributed by atoms with E-state index in [0.29, 0.717) is 39.7 Å². The van der Waals surface area contributed by atoms with Crippen molar-refractivity contribution >= 4 is 56.0 Å². The monoisotopic (exact) mass is 511 g/mol. The highest BCUT2D eigenvalue weighted by Gasteiger charge is 2.15. The van der Waals surface area contributed by atoms with E-state index in [0.717, 1.165) is 10.0 Å². The number of carbonyl (C=O) groups is 1. The van der Waals surface area contributed by atoms with Gasteiger partial charge in [-0.25, -0.2) is 4.98 Å². The number of fused-ring (bicyclic) bond motifs is 1. The zero-order valence-electron chi connectivity index (χ0n) is 17.1. The molecule has 0 aliphatic carbocycles. The third-order valence-electron chi connectivity index (χ3n) is 4.60. The number of aromatic nitrogens is 1. The fourth-order valence-electron chi connectivity index (χ4n) is 3.07. The highest BCUT2D eigenvalue weighted by Crippen LogP contribution is 2.28. The second-order valence-electron chi connectivity index (χ2n) is 6.69. The molecule has 0 fully saturated rings. The number of methoxy groups -OCH3 is 2. The van der Waals surface area contributed by atoms with Crippen LogP contribution in [0.1, 0.15) is 10.4 Å². The van der Waals surface area contributed by atoms with E-state index in [1.807, 2.05) is 24.3 Å². The maximum Gasteiger partial charge on any atom is 0.261 e. The Bertz CT molecular complexity index is 1320. The molecule has 1 heterocycles. The van der Waals surface area contributed by atoms with Crippen LogP contribution < -0.4 is 20.1 Å². The maximum atomic E-state index is 12.6. The lowest BCUT2D eigenvalue weighted by molar-refractivity contribution is 0.0974. The SMILES string of the molecule is COc1ccc(C(=O)NC(=S)Nc2ccc3oc(-c4cccc(Br)c4)nc3c2)c(OC)c1. The lowest BCUT2D eigenvalue weighted by Crippen LogP contribution is -2.34. The molecule has 0 saturated heterocycles. The topological polar surface area (TPSA) is 85.6 Å². The van der Waals surface area contributed by atoms with E-state index in [1.165, 1.54) is 7.11 Å². The maximum absolute atomic E-state index is 12.6. The number of nitrogens with one attached hydrogen (secondary N) is 2. The van der Waals surface area contributed by atoms with Gasteiger partial charge in [0.1, 0.15) is 17.0 Å². The Hall–Kier alpha value is -3.43. The highest BCUT2D eigenvalue weighted by molar-refractivity contribution is 9.10. The molecule has 2 N–H and O–H groups in total. The van der Waals surface area contributed by atoms with E-state index < -0.39 is 5.91 Å². The average Bonchev–Trinajstić information content (AvgIpc) is 3.22. The summed E-state index contributed by atoms with van der Waals surface area (Å²) in [6.07, 6.45) is 0. The lowest BCUT2D eigenvalue weighted by Gasteiger charge is -2.12. The average molecular weight is 512 g/mol. The van der Waals surface area contributed by atoms with Crippen LogP contribution in [0, 0.1) is 0 Å². The molecule has 0 unspecified atom stereocenters. The van der Waals surface area contributed by atoms with Crippen LogP contribution >= 0.6 is 28.1 Å². The number of nitrogens with zero attached hydrogens (tertiary/aromatic N) is 1. The Kier molecular flexibility index (Phi) is 6.38. The molecular formula is C23H18BrN3O4S. The number of oxazole rings is 1. The van der Waals surface area contributed by atoms with Crippen LogP contribution in [0.4, 0.5) is 5.69 Å².